The van der Waals surface area contributed by atoms with E-state index >= 15 is 0 Å². The molecule has 1 aromatic carbocycles. The van der Waals surface area contributed by atoms with Crippen molar-refractivity contribution in [2.45, 2.75) is 31.1 Å². The minimum Gasteiger partial charge on any atom is -0.379 e. The van der Waals surface area contributed by atoms with Gasteiger partial charge in [-0.1, -0.05) is 43.2 Å². The van der Waals surface area contributed by atoms with Crippen molar-refractivity contribution >= 4 is 11.9 Å². The number of benzene rings is 1. The van der Waals surface area contributed by atoms with Gasteiger partial charge >= 0.3 is 0 Å². The van der Waals surface area contributed by atoms with Crippen LogP contribution in [0, 0.1) is 0 Å². The molecule has 1 aliphatic heterocycles. The molecule has 0 unspecified atom stereocenters. The van der Waals surface area contributed by atoms with E-state index in [1.54, 1.807) is 19.0 Å². The Bertz CT molecular complexity index is 680. The van der Waals surface area contributed by atoms with Crippen LogP contribution >= 0.6 is 0 Å². The molecule has 0 atom stereocenters. The molecule has 0 radical (unpaired) electrons. The topological polar surface area (TPSA) is 69.2 Å². The van der Waals surface area contributed by atoms with Crippen molar-refractivity contribution in [2.75, 3.05) is 66.6 Å². The molecule has 7 heteroatoms. The van der Waals surface area contributed by atoms with Gasteiger partial charge < -0.3 is 20.3 Å². The van der Waals surface area contributed by atoms with Crippen molar-refractivity contribution in [3.8, 4) is 0 Å². The van der Waals surface area contributed by atoms with E-state index in [2.05, 4.69) is 50.9 Å². The van der Waals surface area contributed by atoms with Crippen molar-refractivity contribution in [3.05, 3.63) is 35.9 Å². The highest BCUT2D eigenvalue weighted by Gasteiger charge is 2.35. The zero-order valence-corrected chi connectivity index (χ0v) is 18.5. The number of hydrogen-bond acceptors (Lipinski definition) is 4. The van der Waals surface area contributed by atoms with Gasteiger partial charge in [0.25, 0.3) is 0 Å². The molecule has 30 heavy (non-hydrogen) atoms. The fraction of sp³-hybridized carbons (Fsp3) is 0.652. The lowest BCUT2D eigenvalue weighted by Gasteiger charge is -2.31. The van der Waals surface area contributed by atoms with Gasteiger partial charge in [-0.3, -0.25) is 9.69 Å². The molecule has 7 nitrogen and oxygen atoms in total. The third kappa shape index (κ3) is 6.44. The summed E-state index contributed by atoms with van der Waals surface area (Å²) in [6.07, 6.45) is 4.88. The predicted molar refractivity (Wildman–Crippen MR) is 121 cm³/mol. The van der Waals surface area contributed by atoms with Gasteiger partial charge in [-0.05, 0) is 18.4 Å². The number of morpholine rings is 1. The Morgan fingerprint density at radius 1 is 1.13 bits per heavy atom. The Balaban J connectivity index is 1.61. The Morgan fingerprint density at radius 2 is 1.83 bits per heavy atom. The van der Waals surface area contributed by atoms with Crippen LogP contribution < -0.4 is 10.6 Å². The SMILES string of the molecule is CN(C)C(=O)CN=C(NCCN1CCOCC1)NCC1(c2ccccc2)CCCC1. The molecule has 2 fully saturated rings. The van der Waals surface area contributed by atoms with Gasteiger partial charge in [0.15, 0.2) is 5.96 Å². The van der Waals surface area contributed by atoms with E-state index < -0.39 is 0 Å². The van der Waals surface area contributed by atoms with Gasteiger partial charge in [0.1, 0.15) is 6.54 Å². The van der Waals surface area contributed by atoms with Gasteiger partial charge in [-0.2, -0.15) is 0 Å². The first kappa shape index (κ1) is 22.6. The van der Waals surface area contributed by atoms with Gasteiger partial charge in [-0.15, -0.1) is 0 Å². The predicted octanol–water partition coefficient (Wildman–Crippen LogP) is 1.45. The minimum atomic E-state index is 0.00270. The quantitative estimate of drug-likeness (QED) is 0.497. The molecule has 0 aromatic heterocycles. The summed E-state index contributed by atoms with van der Waals surface area (Å²) in [5.74, 6) is 0.726. The third-order valence-corrected chi connectivity index (χ3v) is 6.24. The smallest absolute Gasteiger partial charge is 0.243 e. The summed E-state index contributed by atoms with van der Waals surface area (Å²) in [5, 5.41) is 7.00. The summed E-state index contributed by atoms with van der Waals surface area (Å²) in [6.45, 7) is 6.26. The maximum Gasteiger partial charge on any atom is 0.243 e. The van der Waals surface area contributed by atoms with Crippen molar-refractivity contribution in [1.29, 1.82) is 0 Å². The number of carbonyl (C=O) groups excluding carboxylic acids is 1. The lowest BCUT2D eigenvalue weighted by Crippen LogP contribution is -2.48. The zero-order valence-electron chi connectivity index (χ0n) is 18.5. The number of amides is 1. The lowest BCUT2D eigenvalue weighted by atomic mass is 9.79. The van der Waals surface area contributed by atoms with Crippen molar-refractivity contribution in [1.82, 2.24) is 20.4 Å². The van der Waals surface area contributed by atoms with Gasteiger partial charge in [0.05, 0.1) is 13.2 Å². The molecule has 3 rings (SSSR count). The molecular weight excluding hydrogens is 378 g/mol. The van der Waals surface area contributed by atoms with Crippen molar-refractivity contribution in [2.24, 2.45) is 4.99 Å². The van der Waals surface area contributed by atoms with Gasteiger partial charge in [0, 0.05) is 52.2 Å². The van der Waals surface area contributed by atoms with Crippen LogP contribution in [-0.4, -0.2) is 88.2 Å². The average Bonchev–Trinajstić information content (AvgIpc) is 3.26. The summed E-state index contributed by atoms with van der Waals surface area (Å²) < 4.78 is 5.42. The first-order valence-corrected chi connectivity index (χ1v) is 11.2. The Morgan fingerprint density at radius 3 is 2.50 bits per heavy atom. The highest BCUT2D eigenvalue weighted by atomic mass is 16.5. The molecule has 0 bridgehead atoms. The van der Waals surface area contributed by atoms with Crippen LogP contribution in [-0.2, 0) is 14.9 Å². The molecular formula is C23H37N5O2. The maximum atomic E-state index is 12.1. The molecule has 1 heterocycles. The van der Waals surface area contributed by atoms with E-state index in [9.17, 15) is 4.79 Å². The summed E-state index contributed by atoms with van der Waals surface area (Å²) in [6, 6.07) is 10.8. The molecule has 2 N–H and O–H groups in total. The van der Waals surface area contributed by atoms with E-state index in [1.807, 2.05) is 0 Å². The number of rotatable bonds is 8. The number of hydrogen-bond donors (Lipinski definition) is 2. The van der Waals surface area contributed by atoms with Crippen LogP contribution in [0.4, 0.5) is 0 Å². The first-order valence-electron chi connectivity index (χ1n) is 11.2. The standard InChI is InChI=1S/C23H37N5O2/c1-27(2)21(29)18-25-22(24-12-13-28-14-16-30-17-15-28)26-19-23(10-6-7-11-23)20-8-4-3-5-9-20/h3-5,8-9H,6-7,10-19H2,1-2H3,(H2,24,25,26). The van der Waals surface area contributed by atoms with E-state index in [4.69, 9.17) is 4.74 Å². The number of carbonyl (C=O) groups is 1. The molecule has 166 valence electrons. The Hall–Kier alpha value is -2.12. The van der Waals surface area contributed by atoms with Crippen LogP contribution in [0.15, 0.2) is 35.3 Å². The van der Waals surface area contributed by atoms with Crippen LogP contribution in [0.5, 0.6) is 0 Å². The first-order chi connectivity index (χ1) is 14.6. The molecule has 1 aliphatic carbocycles. The molecule has 0 spiro atoms. The number of likely N-dealkylation sites (N-methyl/N-ethyl adjacent to an activating group) is 1. The van der Waals surface area contributed by atoms with E-state index in [-0.39, 0.29) is 17.9 Å². The van der Waals surface area contributed by atoms with Crippen molar-refractivity contribution < 1.29 is 9.53 Å². The number of nitrogens with one attached hydrogen (secondary N) is 2. The van der Waals surface area contributed by atoms with Crippen LogP contribution in [0.1, 0.15) is 31.2 Å². The van der Waals surface area contributed by atoms with E-state index in [0.29, 0.717) is 0 Å². The molecule has 1 aromatic rings. The highest BCUT2D eigenvalue weighted by Crippen LogP contribution is 2.40. The summed E-state index contributed by atoms with van der Waals surface area (Å²) in [4.78, 5) is 20.6. The summed E-state index contributed by atoms with van der Waals surface area (Å²) in [5.41, 5.74) is 1.53. The highest BCUT2D eigenvalue weighted by molar-refractivity contribution is 5.84. The maximum absolute atomic E-state index is 12.1. The fourth-order valence-corrected chi connectivity index (χ4v) is 4.28. The second kappa shape index (κ2) is 11.3. The number of aliphatic imine (C=N–C) groups is 1. The van der Waals surface area contributed by atoms with Crippen LogP contribution in [0.2, 0.25) is 0 Å². The largest absolute Gasteiger partial charge is 0.379 e. The normalized spacial score (nSPS) is 19.5. The van der Waals surface area contributed by atoms with Crippen molar-refractivity contribution in [3.63, 3.8) is 0 Å². The minimum absolute atomic E-state index is 0.00270. The van der Waals surface area contributed by atoms with E-state index in [1.165, 1.54) is 31.2 Å². The molecule has 2 aliphatic rings. The average molecular weight is 416 g/mol. The van der Waals surface area contributed by atoms with Gasteiger partial charge in [0.2, 0.25) is 5.91 Å². The molecule has 1 saturated carbocycles. The number of ether oxygens (including phenoxy) is 1. The number of guanidine groups is 1. The molecule has 1 amide bonds. The zero-order chi connectivity index (χ0) is 21.2. The summed E-state index contributed by atoms with van der Waals surface area (Å²) in [7, 11) is 3.53. The number of nitrogens with zero attached hydrogens (tertiary/aromatic N) is 3. The lowest BCUT2D eigenvalue weighted by molar-refractivity contribution is -0.127. The third-order valence-electron chi connectivity index (χ3n) is 6.24. The Kier molecular flexibility index (Phi) is 8.51. The van der Waals surface area contributed by atoms with E-state index in [0.717, 1.165) is 51.9 Å². The van der Waals surface area contributed by atoms with Crippen LogP contribution in [0.25, 0.3) is 0 Å². The fourth-order valence-electron chi connectivity index (χ4n) is 4.28. The second-order valence-electron chi connectivity index (χ2n) is 8.54. The summed E-state index contributed by atoms with van der Waals surface area (Å²) >= 11 is 0. The van der Waals surface area contributed by atoms with Gasteiger partial charge in [-0.25, -0.2) is 4.99 Å². The Labute approximate surface area is 180 Å². The molecule has 1 saturated heterocycles. The second-order valence-corrected chi connectivity index (χ2v) is 8.54. The van der Waals surface area contributed by atoms with Crippen LogP contribution in [0.3, 0.4) is 0 Å². The monoisotopic (exact) mass is 415 g/mol.